The van der Waals surface area contributed by atoms with E-state index >= 15 is 0 Å². The van der Waals surface area contributed by atoms with Crippen LogP contribution in [0.25, 0.3) is 10.9 Å². The van der Waals surface area contributed by atoms with Crippen molar-refractivity contribution in [3.63, 3.8) is 0 Å². The second kappa shape index (κ2) is 8.62. The molecule has 0 bridgehead atoms. The van der Waals surface area contributed by atoms with Crippen LogP contribution < -0.4 is 5.56 Å². The third-order valence-corrected chi connectivity index (χ3v) is 4.80. The van der Waals surface area contributed by atoms with Gasteiger partial charge in [-0.15, -0.1) is 0 Å². The Labute approximate surface area is 159 Å². The van der Waals surface area contributed by atoms with Crippen molar-refractivity contribution in [1.82, 2.24) is 14.9 Å². The first-order chi connectivity index (χ1) is 13.1. The molecule has 0 fully saturated rings. The van der Waals surface area contributed by atoms with E-state index in [1.54, 1.807) is 11.0 Å². The number of amides is 1. The molecule has 1 aromatic heterocycles. The van der Waals surface area contributed by atoms with E-state index in [4.69, 9.17) is 0 Å². The van der Waals surface area contributed by atoms with Crippen LogP contribution in [0.15, 0.2) is 53.3 Å². The van der Waals surface area contributed by atoms with E-state index in [2.05, 4.69) is 41.2 Å². The molecule has 27 heavy (non-hydrogen) atoms. The van der Waals surface area contributed by atoms with Crippen molar-refractivity contribution < 1.29 is 4.79 Å². The summed E-state index contributed by atoms with van der Waals surface area (Å²) in [6, 6.07) is 15.6. The third kappa shape index (κ3) is 4.61. The largest absolute Gasteiger partial charge is 0.335 e. The Balaban J connectivity index is 1.67. The number of fused-ring (bicyclic) bond motifs is 1. The van der Waals surface area contributed by atoms with Crippen LogP contribution in [0.2, 0.25) is 0 Å². The number of aromatic amines is 1. The lowest BCUT2D eigenvalue weighted by Crippen LogP contribution is -2.32. The van der Waals surface area contributed by atoms with E-state index < -0.39 is 0 Å². The zero-order valence-electron chi connectivity index (χ0n) is 15.9. The first-order valence-corrected chi connectivity index (χ1v) is 9.44. The summed E-state index contributed by atoms with van der Waals surface area (Å²) in [6.07, 6.45) is 2.16. The number of H-pyrrole nitrogens is 1. The fraction of sp³-hybridized carbons (Fsp3) is 0.318. The molecule has 0 radical (unpaired) electrons. The number of aromatic nitrogens is 2. The van der Waals surface area contributed by atoms with Gasteiger partial charge in [0.25, 0.3) is 5.56 Å². The van der Waals surface area contributed by atoms with Gasteiger partial charge in [0.1, 0.15) is 5.82 Å². The number of hydrogen-bond acceptors (Lipinski definition) is 3. The van der Waals surface area contributed by atoms with Gasteiger partial charge in [0.2, 0.25) is 5.91 Å². The topological polar surface area (TPSA) is 66.1 Å². The van der Waals surface area contributed by atoms with Gasteiger partial charge in [-0.05, 0) is 43.0 Å². The lowest BCUT2D eigenvalue weighted by Gasteiger charge is -2.20. The minimum absolute atomic E-state index is 0.0628. The predicted octanol–water partition coefficient (Wildman–Crippen LogP) is 3.47. The Morgan fingerprint density at radius 3 is 2.44 bits per heavy atom. The van der Waals surface area contributed by atoms with E-state index in [0.29, 0.717) is 42.7 Å². The molecule has 3 aromatic rings. The Hall–Kier alpha value is -2.95. The molecule has 0 saturated carbocycles. The average Bonchev–Trinajstić information content (AvgIpc) is 2.70. The summed E-state index contributed by atoms with van der Waals surface area (Å²) in [4.78, 5) is 33.9. The van der Waals surface area contributed by atoms with Crippen molar-refractivity contribution >= 4 is 16.8 Å². The van der Waals surface area contributed by atoms with Crippen molar-refractivity contribution in [2.45, 2.75) is 39.7 Å². The molecule has 0 saturated heterocycles. The van der Waals surface area contributed by atoms with Crippen LogP contribution in [0.5, 0.6) is 0 Å². The zero-order chi connectivity index (χ0) is 19.2. The van der Waals surface area contributed by atoms with Crippen LogP contribution in [0.1, 0.15) is 37.2 Å². The van der Waals surface area contributed by atoms with Crippen molar-refractivity contribution in [1.29, 1.82) is 0 Å². The van der Waals surface area contributed by atoms with E-state index in [9.17, 15) is 9.59 Å². The maximum absolute atomic E-state index is 12.6. The number of nitrogens with one attached hydrogen (secondary N) is 1. The van der Waals surface area contributed by atoms with Gasteiger partial charge in [-0.1, -0.05) is 43.3 Å². The molecular formula is C22H25N3O2. The van der Waals surface area contributed by atoms with Gasteiger partial charge >= 0.3 is 0 Å². The van der Waals surface area contributed by atoms with Crippen LogP contribution in [0.3, 0.4) is 0 Å². The van der Waals surface area contributed by atoms with E-state index in [1.165, 1.54) is 5.56 Å². The summed E-state index contributed by atoms with van der Waals surface area (Å²) in [6.45, 7) is 4.95. The minimum Gasteiger partial charge on any atom is -0.335 e. The van der Waals surface area contributed by atoms with Gasteiger partial charge in [0.05, 0.1) is 17.4 Å². The summed E-state index contributed by atoms with van der Waals surface area (Å²) in [5, 5.41) is 0.561. The molecule has 0 unspecified atom stereocenters. The number of carbonyl (C=O) groups excluding carboxylic acids is 1. The molecular weight excluding hydrogens is 338 g/mol. The van der Waals surface area contributed by atoms with Crippen LogP contribution in [-0.2, 0) is 24.2 Å². The Morgan fingerprint density at radius 2 is 1.74 bits per heavy atom. The fourth-order valence-corrected chi connectivity index (χ4v) is 3.12. The maximum atomic E-state index is 12.6. The van der Waals surface area contributed by atoms with Gasteiger partial charge in [0.15, 0.2) is 0 Å². The molecule has 0 aliphatic rings. The van der Waals surface area contributed by atoms with Crippen LogP contribution in [0.4, 0.5) is 0 Å². The van der Waals surface area contributed by atoms with Crippen molar-refractivity contribution in [2.75, 3.05) is 6.54 Å². The summed E-state index contributed by atoms with van der Waals surface area (Å²) in [7, 11) is 0. The number of benzene rings is 2. The van der Waals surface area contributed by atoms with E-state index in [0.717, 1.165) is 12.0 Å². The predicted molar refractivity (Wildman–Crippen MR) is 108 cm³/mol. The van der Waals surface area contributed by atoms with E-state index in [1.807, 2.05) is 25.1 Å². The molecule has 1 heterocycles. The molecule has 3 rings (SSSR count). The quantitative estimate of drug-likeness (QED) is 0.699. The van der Waals surface area contributed by atoms with Gasteiger partial charge in [-0.25, -0.2) is 4.98 Å². The average molecular weight is 363 g/mol. The normalized spacial score (nSPS) is 10.9. The van der Waals surface area contributed by atoms with Crippen LogP contribution in [0, 0.1) is 0 Å². The maximum Gasteiger partial charge on any atom is 0.258 e. The van der Waals surface area contributed by atoms with Crippen molar-refractivity contribution in [3.8, 4) is 0 Å². The summed E-state index contributed by atoms with van der Waals surface area (Å²) in [5.74, 6) is 0.578. The van der Waals surface area contributed by atoms with Crippen LogP contribution in [-0.4, -0.2) is 27.3 Å². The monoisotopic (exact) mass is 363 g/mol. The van der Waals surface area contributed by atoms with Gasteiger partial charge in [-0.2, -0.15) is 0 Å². The summed E-state index contributed by atoms with van der Waals surface area (Å²) in [5.41, 5.74) is 2.94. The fourth-order valence-electron chi connectivity index (χ4n) is 3.12. The van der Waals surface area contributed by atoms with Gasteiger partial charge < -0.3 is 9.88 Å². The number of hydrogen-bond donors (Lipinski definition) is 1. The lowest BCUT2D eigenvalue weighted by molar-refractivity contribution is -0.131. The highest BCUT2D eigenvalue weighted by molar-refractivity contribution is 5.78. The summed E-state index contributed by atoms with van der Waals surface area (Å²) >= 11 is 0. The molecule has 5 heteroatoms. The third-order valence-electron chi connectivity index (χ3n) is 4.80. The van der Waals surface area contributed by atoms with Gasteiger partial charge in [0, 0.05) is 13.0 Å². The first kappa shape index (κ1) is 18.8. The number of aryl methyl sites for hydroxylation is 2. The minimum atomic E-state index is -0.171. The molecule has 0 atom stereocenters. The molecule has 0 aliphatic heterocycles. The molecule has 0 aliphatic carbocycles. The zero-order valence-corrected chi connectivity index (χ0v) is 15.9. The highest BCUT2D eigenvalue weighted by Crippen LogP contribution is 2.11. The Kier molecular flexibility index (Phi) is 6.01. The molecule has 1 N–H and O–H groups in total. The Bertz CT molecular complexity index is 977. The van der Waals surface area contributed by atoms with E-state index in [-0.39, 0.29) is 11.5 Å². The standard InChI is InChI=1S/C22H25N3O2/c1-3-16-9-11-17(12-10-16)13-14-21(26)25(4-2)15-20-23-19-8-6-5-7-18(19)22(27)24-20/h5-12H,3-4,13-15H2,1-2H3,(H,23,24,27). The number of nitrogens with zero attached hydrogens (tertiary/aromatic N) is 2. The lowest BCUT2D eigenvalue weighted by atomic mass is 10.1. The van der Waals surface area contributed by atoms with Crippen LogP contribution >= 0.6 is 0 Å². The number of carbonyl (C=O) groups is 1. The SMILES string of the molecule is CCc1ccc(CCC(=O)N(CC)Cc2nc3ccccc3c(=O)[nH]2)cc1. The molecule has 0 spiro atoms. The van der Waals surface area contributed by atoms with Crippen molar-refractivity contribution in [3.05, 3.63) is 75.8 Å². The molecule has 140 valence electrons. The molecule has 1 amide bonds. The smallest absolute Gasteiger partial charge is 0.258 e. The molecule has 5 nitrogen and oxygen atoms in total. The number of rotatable bonds is 7. The molecule has 2 aromatic carbocycles. The summed E-state index contributed by atoms with van der Waals surface area (Å²) < 4.78 is 0. The highest BCUT2D eigenvalue weighted by Gasteiger charge is 2.14. The van der Waals surface area contributed by atoms with Crippen molar-refractivity contribution in [2.24, 2.45) is 0 Å². The Morgan fingerprint density at radius 1 is 1.04 bits per heavy atom. The second-order valence-corrected chi connectivity index (χ2v) is 6.61. The van der Waals surface area contributed by atoms with Gasteiger partial charge in [-0.3, -0.25) is 9.59 Å². The number of para-hydroxylation sites is 1. The first-order valence-electron chi connectivity index (χ1n) is 9.44. The second-order valence-electron chi connectivity index (χ2n) is 6.61. The highest BCUT2D eigenvalue weighted by atomic mass is 16.2.